The Hall–Kier alpha value is -5.48. The van der Waals surface area contributed by atoms with E-state index in [2.05, 4.69) is 159 Å². The van der Waals surface area contributed by atoms with E-state index in [1.165, 1.54) is 21.9 Å². The molecule has 8 aromatic rings. The second-order valence-corrected chi connectivity index (χ2v) is 13.8. The van der Waals surface area contributed by atoms with Crippen molar-refractivity contribution >= 4 is 32.8 Å². The van der Waals surface area contributed by atoms with Crippen LogP contribution in [0.3, 0.4) is 0 Å². The summed E-state index contributed by atoms with van der Waals surface area (Å²) in [6, 6.07) is 43.5. The smallest absolute Gasteiger partial charge is 0.143 e. The predicted octanol–water partition coefficient (Wildman–Crippen LogP) is 11.6. The molecule has 0 spiro atoms. The number of nitrogens with zero attached hydrogens (tertiary/aromatic N) is 3. The lowest BCUT2D eigenvalue weighted by Gasteiger charge is -2.21. The number of imidazole rings is 1. The van der Waals surface area contributed by atoms with Gasteiger partial charge in [-0.2, -0.15) is 0 Å². The molecule has 0 atom stereocenters. The zero-order valence-corrected chi connectivity index (χ0v) is 27.5. The maximum absolute atomic E-state index is 5.51. The van der Waals surface area contributed by atoms with Gasteiger partial charge in [-0.1, -0.05) is 99.6 Å². The fourth-order valence-corrected chi connectivity index (χ4v) is 6.87. The van der Waals surface area contributed by atoms with Gasteiger partial charge in [-0.05, 0) is 84.0 Å². The molecule has 4 heteroatoms. The van der Waals surface area contributed by atoms with Crippen molar-refractivity contribution in [2.75, 3.05) is 0 Å². The monoisotopic (exact) mass is 610 g/mol. The number of aromatic nitrogens is 4. The van der Waals surface area contributed by atoms with Crippen LogP contribution in [0.5, 0.6) is 0 Å². The molecule has 0 bridgehead atoms. The molecular formula is C43H38N4. The molecule has 4 nitrogen and oxygen atoms in total. The van der Waals surface area contributed by atoms with Crippen molar-refractivity contribution in [3.05, 3.63) is 133 Å². The molecule has 3 aromatic heterocycles. The van der Waals surface area contributed by atoms with Gasteiger partial charge in [0, 0.05) is 45.2 Å². The number of nitrogens with one attached hydrogen (secondary N) is 1. The Morgan fingerprint density at radius 1 is 0.638 bits per heavy atom. The molecule has 0 amide bonds. The third-order valence-corrected chi connectivity index (χ3v) is 9.30. The van der Waals surface area contributed by atoms with Gasteiger partial charge in [0.25, 0.3) is 0 Å². The van der Waals surface area contributed by atoms with Crippen molar-refractivity contribution in [2.45, 2.75) is 46.1 Å². The van der Waals surface area contributed by atoms with E-state index in [4.69, 9.17) is 9.97 Å². The second kappa shape index (κ2) is 11.1. The van der Waals surface area contributed by atoms with Crippen LogP contribution in [0.4, 0.5) is 0 Å². The molecule has 0 radical (unpaired) electrons. The van der Waals surface area contributed by atoms with Crippen LogP contribution in [-0.4, -0.2) is 19.5 Å². The summed E-state index contributed by atoms with van der Waals surface area (Å²) in [5.74, 6) is 0.985. The van der Waals surface area contributed by atoms with E-state index in [9.17, 15) is 0 Å². The number of pyridine rings is 1. The number of para-hydroxylation sites is 2. The van der Waals surface area contributed by atoms with E-state index in [-0.39, 0.29) is 11.5 Å². The van der Waals surface area contributed by atoms with E-state index in [1.54, 1.807) is 0 Å². The highest BCUT2D eigenvalue weighted by molar-refractivity contribution is 6.12. The molecule has 0 aliphatic heterocycles. The lowest BCUT2D eigenvalue weighted by Crippen LogP contribution is -2.11. The second-order valence-electron chi connectivity index (χ2n) is 13.8. The van der Waals surface area contributed by atoms with Gasteiger partial charge in [-0.15, -0.1) is 0 Å². The highest BCUT2D eigenvalue weighted by Crippen LogP contribution is 2.41. The number of fused-ring (bicyclic) bond motifs is 4. The molecule has 0 saturated carbocycles. The van der Waals surface area contributed by atoms with Crippen LogP contribution in [0.25, 0.3) is 77.7 Å². The molecular weight excluding hydrogens is 573 g/mol. The lowest BCUT2D eigenvalue weighted by atomic mass is 9.85. The minimum absolute atomic E-state index is 0.0204. The standard InChI is InChI=1S/C43H38N4/c1-27(2)47-39-20-12-18-33(30-15-11-16-31(23-30)38-24-29(21-22-44-38)28-13-7-6-8-14-28)41(39)46-42(47)36-26-32(43(3,4)5)25-35-34-17-9-10-19-37(34)45-40(35)36/h6-27,45H,1-5H3. The maximum Gasteiger partial charge on any atom is 0.143 e. The van der Waals surface area contributed by atoms with Crippen LogP contribution in [0.1, 0.15) is 46.2 Å². The first-order valence-electron chi connectivity index (χ1n) is 16.4. The van der Waals surface area contributed by atoms with Crippen molar-refractivity contribution in [3.8, 4) is 44.9 Å². The van der Waals surface area contributed by atoms with Crippen LogP contribution < -0.4 is 0 Å². The molecule has 0 saturated heterocycles. The number of hydrogen-bond donors (Lipinski definition) is 1. The van der Waals surface area contributed by atoms with Gasteiger partial charge in [-0.25, -0.2) is 4.98 Å². The maximum atomic E-state index is 5.51. The summed E-state index contributed by atoms with van der Waals surface area (Å²) in [6.07, 6.45) is 1.90. The molecule has 8 rings (SSSR count). The van der Waals surface area contributed by atoms with E-state index in [1.807, 2.05) is 12.3 Å². The molecule has 0 fully saturated rings. The zero-order chi connectivity index (χ0) is 32.3. The number of hydrogen-bond acceptors (Lipinski definition) is 2. The number of benzene rings is 5. The van der Waals surface area contributed by atoms with Gasteiger partial charge < -0.3 is 9.55 Å². The molecule has 5 aromatic carbocycles. The van der Waals surface area contributed by atoms with E-state index in [0.29, 0.717) is 0 Å². The Bertz CT molecular complexity index is 2420. The van der Waals surface area contributed by atoms with Crippen LogP contribution in [0.2, 0.25) is 0 Å². The fraction of sp³-hybridized carbons (Fsp3) is 0.163. The van der Waals surface area contributed by atoms with Crippen molar-refractivity contribution in [3.63, 3.8) is 0 Å². The van der Waals surface area contributed by atoms with Crippen molar-refractivity contribution in [2.24, 2.45) is 0 Å². The molecule has 47 heavy (non-hydrogen) atoms. The average Bonchev–Trinajstić information content (AvgIpc) is 3.67. The Morgan fingerprint density at radius 2 is 1.38 bits per heavy atom. The number of aromatic amines is 1. The molecule has 230 valence electrons. The van der Waals surface area contributed by atoms with Gasteiger partial charge >= 0.3 is 0 Å². The Morgan fingerprint density at radius 3 is 2.19 bits per heavy atom. The van der Waals surface area contributed by atoms with Gasteiger partial charge in [0.1, 0.15) is 5.82 Å². The SMILES string of the molecule is CC(C)n1c(-c2cc(C(C)(C)C)cc3c2[nH]c2ccccc23)nc2c(-c3cccc(-c4cc(-c5ccccc5)ccn4)c3)cccc21. The first kappa shape index (κ1) is 29.0. The van der Waals surface area contributed by atoms with Gasteiger partial charge in [-0.3, -0.25) is 4.98 Å². The van der Waals surface area contributed by atoms with Crippen LogP contribution in [0.15, 0.2) is 128 Å². The zero-order valence-electron chi connectivity index (χ0n) is 27.5. The van der Waals surface area contributed by atoms with Crippen molar-refractivity contribution in [1.29, 1.82) is 0 Å². The minimum atomic E-state index is -0.0204. The fourth-order valence-electron chi connectivity index (χ4n) is 6.87. The van der Waals surface area contributed by atoms with E-state index in [0.717, 1.165) is 61.4 Å². The summed E-state index contributed by atoms with van der Waals surface area (Å²) in [5.41, 5.74) is 13.4. The van der Waals surface area contributed by atoms with Crippen molar-refractivity contribution in [1.82, 2.24) is 19.5 Å². The Kier molecular flexibility index (Phi) is 6.84. The summed E-state index contributed by atoms with van der Waals surface area (Å²) in [4.78, 5) is 14.0. The predicted molar refractivity (Wildman–Crippen MR) is 198 cm³/mol. The largest absolute Gasteiger partial charge is 0.354 e. The number of H-pyrrole nitrogens is 1. The van der Waals surface area contributed by atoms with Gasteiger partial charge in [0.2, 0.25) is 0 Å². The molecule has 1 N–H and O–H groups in total. The highest BCUT2D eigenvalue weighted by Gasteiger charge is 2.24. The molecule has 0 aliphatic rings. The quantitative estimate of drug-likeness (QED) is 0.211. The third-order valence-electron chi connectivity index (χ3n) is 9.30. The first-order valence-corrected chi connectivity index (χ1v) is 16.4. The number of rotatable bonds is 5. The summed E-state index contributed by atoms with van der Waals surface area (Å²) in [5, 5.41) is 2.48. The highest BCUT2D eigenvalue weighted by atomic mass is 15.1. The van der Waals surface area contributed by atoms with E-state index >= 15 is 0 Å². The lowest BCUT2D eigenvalue weighted by molar-refractivity contribution is 0.591. The third kappa shape index (κ3) is 5.01. The van der Waals surface area contributed by atoms with Gasteiger partial charge in [0.15, 0.2) is 0 Å². The summed E-state index contributed by atoms with van der Waals surface area (Å²) < 4.78 is 2.40. The van der Waals surface area contributed by atoms with Crippen LogP contribution in [-0.2, 0) is 5.41 Å². The molecule has 3 heterocycles. The molecule has 0 unspecified atom stereocenters. The summed E-state index contributed by atoms with van der Waals surface area (Å²) >= 11 is 0. The first-order chi connectivity index (χ1) is 22.8. The normalized spacial score (nSPS) is 12.1. The minimum Gasteiger partial charge on any atom is -0.354 e. The average molecular weight is 611 g/mol. The Labute approximate surface area is 275 Å². The molecule has 0 aliphatic carbocycles. The topological polar surface area (TPSA) is 46.5 Å². The summed E-state index contributed by atoms with van der Waals surface area (Å²) in [7, 11) is 0. The summed E-state index contributed by atoms with van der Waals surface area (Å²) in [6.45, 7) is 11.4. The van der Waals surface area contributed by atoms with E-state index < -0.39 is 0 Å². The van der Waals surface area contributed by atoms with Crippen LogP contribution >= 0.6 is 0 Å². The van der Waals surface area contributed by atoms with Gasteiger partial charge in [0.05, 0.1) is 22.2 Å². The van der Waals surface area contributed by atoms with Crippen LogP contribution in [0, 0.1) is 0 Å². The Balaban J connectivity index is 1.32. The van der Waals surface area contributed by atoms with Crippen molar-refractivity contribution < 1.29 is 0 Å².